The first-order valence-electron chi connectivity index (χ1n) is 3.51. The largest absolute Gasteiger partial charge is 0.0935 e. The molecule has 1 rings (SSSR count). The maximum atomic E-state index is 5.72. The first kappa shape index (κ1) is 8.69. The average molecular weight is 185 g/mol. The SMILES string of the molecule is S=CCCc1ccc(Cl)cc1. The lowest BCUT2D eigenvalue weighted by molar-refractivity contribution is 1.07. The zero-order valence-electron chi connectivity index (χ0n) is 6.09. The van der Waals surface area contributed by atoms with E-state index in [0.717, 1.165) is 17.9 Å². The summed E-state index contributed by atoms with van der Waals surface area (Å²) in [6.07, 6.45) is 1.97. The highest BCUT2D eigenvalue weighted by Crippen LogP contribution is 2.10. The Morgan fingerprint density at radius 1 is 1.27 bits per heavy atom. The standard InChI is InChI=1S/C9H9ClS/c10-9-5-3-8(4-6-9)2-1-7-11/h3-7H,1-2H2. The molecule has 0 radical (unpaired) electrons. The quantitative estimate of drug-likeness (QED) is 0.650. The Morgan fingerprint density at radius 2 is 1.91 bits per heavy atom. The van der Waals surface area contributed by atoms with E-state index in [2.05, 4.69) is 0 Å². The molecule has 0 aliphatic heterocycles. The number of thiocarbonyl (C=S) groups is 1. The molecule has 0 spiro atoms. The Balaban J connectivity index is 2.58. The van der Waals surface area contributed by atoms with Crippen LogP contribution in [0.1, 0.15) is 12.0 Å². The van der Waals surface area contributed by atoms with E-state index in [1.54, 1.807) is 5.37 Å². The van der Waals surface area contributed by atoms with Crippen molar-refractivity contribution in [1.29, 1.82) is 0 Å². The van der Waals surface area contributed by atoms with Crippen LogP contribution >= 0.6 is 23.8 Å². The minimum Gasteiger partial charge on any atom is -0.0935 e. The van der Waals surface area contributed by atoms with Gasteiger partial charge in [-0.2, -0.15) is 0 Å². The normalized spacial score (nSPS) is 9.55. The van der Waals surface area contributed by atoms with Crippen molar-refractivity contribution in [2.24, 2.45) is 0 Å². The molecule has 0 aromatic heterocycles. The molecule has 2 heteroatoms. The molecular formula is C9H9ClS. The Bertz CT molecular complexity index is 228. The molecule has 1 aromatic carbocycles. The van der Waals surface area contributed by atoms with Crippen LogP contribution in [0, 0.1) is 0 Å². The van der Waals surface area contributed by atoms with Gasteiger partial charge in [-0.15, -0.1) is 0 Å². The van der Waals surface area contributed by atoms with Gasteiger partial charge in [-0.3, -0.25) is 0 Å². The highest BCUT2D eigenvalue weighted by molar-refractivity contribution is 7.78. The number of halogens is 1. The molecule has 0 atom stereocenters. The van der Waals surface area contributed by atoms with Crippen molar-refractivity contribution in [2.45, 2.75) is 12.8 Å². The fraction of sp³-hybridized carbons (Fsp3) is 0.222. The van der Waals surface area contributed by atoms with Crippen LogP contribution in [0.15, 0.2) is 24.3 Å². The van der Waals surface area contributed by atoms with Crippen molar-refractivity contribution in [2.75, 3.05) is 0 Å². The lowest BCUT2D eigenvalue weighted by Crippen LogP contribution is -1.83. The second-order valence-electron chi connectivity index (χ2n) is 2.33. The molecular weight excluding hydrogens is 176 g/mol. The Labute approximate surface area is 77.2 Å². The van der Waals surface area contributed by atoms with Crippen molar-refractivity contribution < 1.29 is 0 Å². The molecule has 58 valence electrons. The van der Waals surface area contributed by atoms with E-state index < -0.39 is 0 Å². The minimum absolute atomic E-state index is 0.788. The third kappa shape index (κ3) is 3.00. The molecule has 11 heavy (non-hydrogen) atoms. The van der Waals surface area contributed by atoms with Gasteiger partial charge >= 0.3 is 0 Å². The van der Waals surface area contributed by atoms with Crippen LogP contribution in [-0.2, 0) is 6.42 Å². The van der Waals surface area contributed by atoms with Gasteiger partial charge < -0.3 is 0 Å². The van der Waals surface area contributed by atoms with Crippen molar-refractivity contribution in [3.05, 3.63) is 34.9 Å². The predicted octanol–water partition coefficient (Wildman–Crippen LogP) is 3.27. The van der Waals surface area contributed by atoms with E-state index in [4.69, 9.17) is 23.8 Å². The molecule has 0 heterocycles. The van der Waals surface area contributed by atoms with Crippen molar-refractivity contribution in [3.8, 4) is 0 Å². The van der Waals surface area contributed by atoms with Crippen LogP contribution in [0.5, 0.6) is 0 Å². The molecule has 1 aromatic rings. The summed E-state index contributed by atoms with van der Waals surface area (Å²) in [4.78, 5) is 0. The first-order chi connectivity index (χ1) is 5.33. The van der Waals surface area contributed by atoms with Gasteiger partial charge in [0.25, 0.3) is 0 Å². The summed E-state index contributed by atoms with van der Waals surface area (Å²) in [5.41, 5.74) is 1.29. The van der Waals surface area contributed by atoms with Crippen molar-refractivity contribution >= 4 is 29.2 Å². The van der Waals surface area contributed by atoms with Crippen LogP contribution in [-0.4, -0.2) is 5.37 Å². The van der Waals surface area contributed by atoms with E-state index in [-0.39, 0.29) is 0 Å². The first-order valence-corrected chi connectivity index (χ1v) is 4.36. The molecule has 0 amide bonds. The van der Waals surface area contributed by atoms with Gasteiger partial charge in [-0.05, 0) is 35.9 Å². The fourth-order valence-electron chi connectivity index (χ4n) is 0.877. The summed E-state index contributed by atoms with van der Waals surface area (Å²) in [6.45, 7) is 0. The van der Waals surface area contributed by atoms with Gasteiger partial charge in [-0.25, -0.2) is 0 Å². The molecule has 0 aliphatic rings. The topological polar surface area (TPSA) is 0 Å². The van der Waals surface area contributed by atoms with Crippen LogP contribution < -0.4 is 0 Å². The summed E-state index contributed by atoms with van der Waals surface area (Å²) in [6, 6.07) is 7.86. The molecule has 0 fully saturated rings. The van der Waals surface area contributed by atoms with Crippen LogP contribution in [0.3, 0.4) is 0 Å². The summed E-state index contributed by atoms with van der Waals surface area (Å²) in [5, 5.41) is 2.55. The summed E-state index contributed by atoms with van der Waals surface area (Å²) in [7, 11) is 0. The van der Waals surface area contributed by atoms with Gasteiger partial charge in [-0.1, -0.05) is 36.0 Å². The minimum atomic E-state index is 0.788. The van der Waals surface area contributed by atoms with Gasteiger partial charge in [0.1, 0.15) is 0 Å². The average Bonchev–Trinajstić information content (AvgIpc) is 2.04. The molecule has 0 bridgehead atoms. The third-order valence-corrected chi connectivity index (χ3v) is 1.95. The lowest BCUT2D eigenvalue weighted by Gasteiger charge is -1.96. The van der Waals surface area contributed by atoms with Crippen LogP contribution in [0.4, 0.5) is 0 Å². The van der Waals surface area contributed by atoms with Gasteiger partial charge in [0.2, 0.25) is 0 Å². The predicted molar refractivity (Wildman–Crippen MR) is 53.4 cm³/mol. The maximum Gasteiger partial charge on any atom is 0.0406 e. The zero-order valence-corrected chi connectivity index (χ0v) is 7.66. The second kappa shape index (κ2) is 4.47. The Kier molecular flexibility index (Phi) is 3.53. The van der Waals surface area contributed by atoms with Gasteiger partial charge in [0, 0.05) is 5.02 Å². The summed E-state index contributed by atoms with van der Waals surface area (Å²) < 4.78 is 0. The third-order valence-electron chi connectivity index (χ3n) is 1.46. The van der Waals surface area contributed by atoms with Crippen molar-refractivity contribution in [3.63, 3.8) is 0 Å². The fourth-order valence-corrected chi connectivity index (χ4v) is 1.12. The van der Waals surface area contributed by atoms with Crippen LogP contribution in [0.25, 0.3) is 0 Å². The summed E-state index contributed by atoms with van der Waals surface area (Å²) >= 11 is 10.4. The Hall–Kier alpha value is -0.400. The number of hydrogen-bond acceptors (Lipinski definition) is 1. The smallest absolute Gasteiger partial charge is 0.0406 e. The molecule has 0 saturated heterocycles. The van der Waals surface area contributed by atoms with Gasteiger partial charge in [0.15, 0.2) is 0 Å². The zero-order chi connectivity index (χ0) is 8.10. The maximum absolute atomic E-state index is 5.72. The van der Waals surface area contributed by atoms with E-state index >= 15 is 0 Å². The van der Waals surface area contributed by atoms with Crippen LogP contribution in [0.2, 0.25) is 5.02 Å². The van der Waals surface area contributed by atoms with E-state index in [1.165, 1.54) is 5.56 Å². The number of benzene rings is 1. The molecule has 0 unspecified atom stereocenters. The molecule has 0 nitrogen and oxygen atoms in total. The molecule has 0 N–H and O–H groups in total. The lowest BCUT2D eigenvalue weighted by atomic mass is 10.1. The van der Waals surface area contributed by atoms with E-state index in [1.807, 2.05) is 24.3 Å². The van der Waals surface area contributed by atoms with Gasteiger partial charge in [0.05, 0.1) is 0 Å². The van der Waals surface area contributed by atoms with E-state index in [0.29, 0.717) is 0 Å². The van der Waals surface area contributed by atoms with E-state index in [9.17, 15) is 0 Å². The number of hydrogen-bond donors (Lipinski definition) is 0. The number of aryl methyl sites for hydroxylation is 1. The summed E-state index contributed by atoms with van der Waals surface area (Å²) in [5.74, 6) is 0. The number of rotatable bonds is 3. The molecule has 0 aliphatic carbocycles. The molecule has 0 saturated carbocycles. The Morgan fingerprint density at radius 3 is 2.45 bits per heavy atom. The second-order valence-corrected chi connectivity index (χ2v) is 3.10. The highest BCUT2D eigenvalue weighted by atomic mass is 35.5. The monoisotopic (exact) mass is 184 g/mol. The highest BCUT2D eigenvalue weighted by Gasteiger charge is 1.90. The van der Waals surface area contributed by atoms with Crippen molar-refractivity contribution in [1.82, 2.24) is 0 Å².